The summed E-state index contributed by atoms with van der Waals surface area (Å²) >= 11 is 5.16. The number of carbonyl (C=O) groups is 3. The zero-order valence-electron chi connectivity index (χ0n) is 18.6. The first-order valence-corrected chi connectivity index (χ1v) is 11.6. The van der Waals surface area contributed by atoms with E-state index in [-0.39, 0.29) is 23.0 Å². The molecule has 0 saturated heterocycles. The van der Waals surface area contributed by atoms with E-state index in [1.807, 2.05) is 6.07 Å². The van der Waals surface area contributed by atoms with Crippen molar-refractivity contribution >= 4 is 35.1 Å². The van der Waals surface area contributed by atoms with Crippen LogP contribution >= 0.6 is 12.2 Å². The van der Waals surface area contributed by atoms with Crippen LogP contribution in [0.5, 0.6) is 0 Å². The second-order valence-electron chi connectivity index (χ2n) is 8.09. The van der Waals surface area contributed by atoms with E-state index in [0.29, 0.717) is 11.1 Å². The Morgan fingerprint density at radius 2 is 1.55 bits per heavy atom. The summed E-state index contributed by atoms with van der Waals surface area (Å²) in [5, 5.41) is 8.31. The van der Waals surface area contributed by atoms with Crippen molar-refractivity contribution in [2.75, 3.05) is 0 Å². The molecule has 2 aromatic carbocycles. The molecule has 2 atom stereocenters. The number of amides is 2. The molecule has 2 aromatic rings. The molecule has 7 nitrogen and oxygen atoms in total. The number of thiocarbonyl (C=S) groups is 1. The molecule has 1 fully saturated rings. The molecule has 3 N–H and O–H groups in total. The topological polar surface area (TPSA) is 96.5 Å². The van der Waals surface area contributed by atoms with Crippen LogP contribution in [0.3, 0.4) is 0 Å². The van der Waals surface area contributed by atoms with Gasteiger partial charge in [-0.3, -0.25) is 14.9 Å². The lowest BCUT2D eigenvalue weighted by Gasteiger charge is -2.26. The molecule has 1 aliphatic carbocycles. The van der Waals surface area contributed by atoms with Gasteiger partial charge < -0.3 is 15.4 Å². The Morgan fingerprint density at radius 1 is 0.939 bits per heavy atom. The third-order valence-corrected chi connectivity index (χ3v) is 5.71. The van der Waals surface area contributed by atoms with Gasteiger partial charge >= 0.3 is 5.97 Å². The lowest BCUT2D eigenvalue weighted by molar-refractivity contribution is -0.158. The maximum Gasteiger partial charge on any atom is 0.329 e. The summed E-state index contributed by atoms with van der Waals surface area (Å²) in [6, 6.07) is 16.7. The number of benzene rings is 2. The van der Waals surface area contributed by atoms with Crippen LogP contribution < -0.4 is 16.0 Å². The van der Waals surface area contributed by atoms with Crippen molar-refractivity contribution in [1.29, 1.82) is 0 Å². The van der Waals surface area contributed by atoms with Crippen LogP contribution in [0, 0.1) is 0 Å². The highest BCUT2D eigenvalue weighted by Crippen LogP contribution is 2.22. The molecular weight excluding hydrogens is 438 g/mol. The van der Waals surface area contributed by atoms with E-state index in [0.717, 1.165) is 25.7 Å². The number of rotatable bonds is 7. The van der Waals surface area contributed by atoms with Gasteiger partial charge in [-0.15, -0.1) is 0 Å². The van der Waals surface area contributed by atoms with Crippen LogP contribution in [0.4, 0.5) is 0 Å². The van der Waals surface area contributed by atoms with E-state index in [9.17, 15) is 14.4 Å². The van der Waals surface area contributed by atoms with Crippen molar-refractivity contribution in [3.05, 3.63) is 71.8 Å². The molecule has 0 spiro atoms. The molecule has 0 aromatic heterocycles. The second kappa shape index (κ2) is 12.1. The molecule has 0 heterocycles. The molecule has 1 aliphatic rings. The lowest BCUT2D eigenvalue weighted by Crippen LogP contribution is -2.48. The average Bonchev–Trinajstić information content (AvgIpc) is 2.83. The van der Waals surface area contributed by atoms with Gasteiger partial charge in [0, 0.05) is 17.2 Å². The number of esters is 1. The Hall–Kier alpha value is -3.26. The van der Waals surface area contributed by atoms with Crippen molar-refractivity contribution in [2.45, 2.75) is 57.2 Å². The van der Waals surface area contributed by atoms with Crippen LogP contribution in [0.2, 0.25) is 0 Å². The fourth-order valence-corrected chi connectivity index (χ4v) is 3.97. The normalized spacial score (nSPS) is 15.5. The molecule has 2 unspecified atom stereocenters. The molecule has 0 bridgehead atoms. The van der Waals surface area contributed by atoms with Gasteiger partial charge in [-0.05, 0) is 44.1 Å². The first-order chi connectivity index (χ1) is 15.9. The van der Waals surface area contributed by atoms with E-state index in [1.165, 1.54) is 6.42 Å². The molecule has 1 saturated carbocycles. The van der Waals surface area contributed by atoms with Crippen LogP contribution in [0.25, 0.3) is 0 Å². The van der Waals surface area contributed by atoms with Crippen LogP contribution in [0.15, 0.2) is 60.7 Å². The molecule has 0 aliphatic heterocycles. The summed E-state index contributed by atoms with van der Waals surface area (Å²) in [6.45, 7) is 1.56. The summed E-state index contributed by atoms with van der Waals surface area (Å²) in [5.41, 5.74) is 1.03. The van der Waals surface area contributed by atoms with Gasteiger partial charge in [0.05, 0.1) is 0 Å². The zero-order valence-corrected chi connectivity index (χ0v) is 19.4. The van der Waals surface area contributed by atoms with Crippen LogP contribution in [0.1, 0.15) is 61.1 Å². The van der Waals surface area contributed by atoms with Gasteiger partial charge in [-0.25, -0.2) is 4.79 Å². The van der Waals surface area contributed by atoms with Crippen molar-refractivity contribution in [3.63, 3.8) is 0 Å². The van der Waals surface area contributed by atoms with Gasteiger partial charge in [-0.2, -0.15) is 0 Å². The molecule has 33 heavy (non-hydrogen) atoms. The van der Waals surface area contributed by atoms with E-state index < -0.39 is 18.1 Å². The number of hydrogen-bond acceptors (Lipinski definition) is 5. The largest absolute Gasteiger partial charge is 0.446 e. The smallest absolute Gasteiger partial charge is 0.329 e. The number of hydrogen-bond donors (Lipinski definition) is 3. The highest BCUT2D eigenvalue weighted by molar-refractivity contribution is 7.80. The van der Waals surface area contributed by atoms with Gasteiger partial charge in [0.2, 0.25) is 6.10 Å². The Bertz CT molecular complexity index is 962. The van der Waals surface area contributed by atoms with Gasteiger partial charge in [0.1, 0.15) is 6.04 Å². The van der Waals surface area contributed by atoms with Crippen LogP contribution in [-0.2, 0) is 14.3 Å². The van der Waals surface area contributed by atoms with Crippen LogP contribution in [-0.4, -0.2) is 35.0 Å². The lowest BCUT2D eigenvalue weighted by atomic mass is 9.95. The number of nitrogens with one attached hydrogen (secondary N) is 3. The van der Waals surface area contributed by atoms with Crippen molar-refractivity contribution in [2.24, 2.45) is 0 Å². The second-order valence-corrected chi connectivity index (χ2v) is 8.49. The summed E-state index contributed by atoms with van der Waals surface area (Å²) in [4.78, 5) is 38.0. The van der Waals surface area contributed by atoms with E-state index in [4.69, 9.17) is 17.0 Å². The fourth-order valence-electron chi connectivity index (χ4n) is 3.70. The Balaban J connectivity index is 1.60. The van der Waals surface area contributed by atoms with Gasteiger partial charge in [0.25, 0.3) is 11.8 Å². The highest BCUT2D eigenvalue weighted by Gasteiger charge is 2.29. The third kappa shape index (κ3) is 7.39. The minimum absolute atomic E-state index is 0.00350. The van der Waals surface area contributed by atoms with E-state index in [1.54, 1.807) is 61.5 Å². The predicted octanol–water partition coefficient (Wildman–Crippen LogP) is 3.41. The van der Waals surface area contributed by atoms with Crippen molar-refractivity contribution < 1.29 is 19.1 Å². The average molecular weight is 468 g/mol. The highest BCUT2D eigenvalue weighted by atomic mass is 32.1. The minimum Gasteiger partial charge on any atom is -0.446 e. The van der Waals surface area contributed by atoms with Gasteiger partial charge in [0.15, 0.2) is 5.11 Å². The van der Waals surface area contributed by atoms with Crippen molar-refractivity contribution in [3.8, 4) is 0 Å². The summed E-state index contributed by atoms with van der Waals surface area (Å²) < 4.78 is 5.61. The molecular formula is C25H29N3O4S. The third-order valence-electron chi connectivity index (χ3n) is 5.49. The molecule has 3 rings (SSSR count). The monoisotopic (exact) mass is 467 g/mol. The fraction of sp³-hybridized carbons (Fsp3) is 0.360. The molecule has 174 valence electrons. The van der Waals surface area contributed by atoms with Gasteiger partial charge in [-0.1, -0.05) is 67.8 Å². The SMILES string of the molecule is CC(NC(=S)NC(=O)c1ccccc1)C(=O)OC(C(=O)NC1CCCCC1)c1ccccc1. The zero-order chi connectivity index (χ0) is 23.6. The number of carbonyl (C=O) groups excluding carboxylic acids is 3. The van der Waals surface area contributed by atoms with Crippen molar-refractivity contribution in [1.82, 2.24) is 16.0 Å². The maximum absolute atomic E-state index is 13.0. The summed E-state index contributed by atoms with van der Waals surface area (Å²) in [7, 11) is 0. The quantitative estimate of drug-likeness (QED) is 0.427. The Labute approximate surface area is 199 Å². The predicted molar refractivity (Wildman–Crippen MR) is 129 cm³/mol. The maximum atomic E-state index is 13.0. The van der Waals surface area contributed by atoms with E-state index in [2.05, 4.69) is 16.0 Å². The molecule has 8 heteroatoms. The minimum atomic E-state index is -1.07. The Morgan fingerprint density at radius 3 is 2.18 bits per heavy atom. The number of ether oxygens (including phenoxy) is 1. The molecule has 2 amide bonds. The standard InChI is InChI=1S/C25H29N3O4S/c1-17(26-25(33)28-22(29)19-13-7-3-8-14-19)24(31)32-21(18-11-5-2-6-12-18)23(30)27-20-15-9-4-10-16-20/h2-3,5-8,11-14,17,20-21H,4,9-10,15-16H2,1H3,(H,27,30)(H2,26,28,29,33). The first kappa shape index (κ1) is 24.4. The molecule has 0 radical (unpaired) electrons. The first-order valence-electron chi connectivity index (χ1n) is 11.2. The summed E-state index contributed by atoms with van der Waals surface area (Å²) in [6.07, 6.45) is 4.11. The summed E-state index contributed by atoms with van der Waals surface area (Å²) in [5.74, 6) is -1.38. The Kier molecular flexibility index (Phi) is 8.95. The van der Waals surface area contributed by atoms with E-state index >= 15 is 0 Å².